The van der Waals surface area contributed by atoms with Crippen molar-refractivity contribution in [1.82, 2.24) is 10.9 Å². The number of hydrazine groups is 1. The first-order valence-electron chi connectivity index (χ1n) is 3.92. The molecule has 0 spiro atoms. The lowest BCUT2D eigenvalue weighted by molar-refractivity contribution is -0.150. The van der Waals surface area contributed by atoms with Gasteiger partial charge in [-0.05, 0) is 14.0 Å². The summed E-state index contributed by atoms with van der Waals surface area (Å²) >= 11 is 0. The van der Waals surface area contributed by atoms with Gasteiger partial charge in [-0.25, -0.2) is 5.43 Å². The maximum atomic E-state index is 11.1. The first-order chi connectivity index (χ1) is 6.11. The normalized spacial score (nSPS) is 12.2. The van der Waals surface area contributed by atoms with E-state index in [4.69, 9.17) is 5.11 Å². The van der Waals surface area contributed by atoms with Crippen molar-refractivity contribution in [3.63, 3.8) is 0 Å². The molecule has 0 rings (SSSR count). The second kappa shape index (κ2) is 6.38. The van der Waals surface area contributed by atoms with Crippen LogP contribution in [-0.2, 0) is 14.3 Å². The van der Waals surface area contributed by atoms with Crippen molar-refractivity contribution in [1.29, 1.82) is 0 Å². The van der Waals surface area contributed by atoms with Gasteiger partial charge in [0.2, 0.25) is 0 Å². The minimum absolute atomic E-state index is 0.236. The predicted octanol–water partition coefficient (Wildman–Crippen LogP) is -0.883. The third-order valence-electron chi connectivity index (χ3n) is 1.27. The number of carboxylic acids is 1. The summed E-state index contributed by atoms with van der Waals surface area (Å²) < 4.78 is 4.65. The molecule has 0 aromatic heterocycles. The summed E-state index contributed by atoms with van der Waals surface area (Å²) in [5.74, 6) is -1.62. The van der Waals surface area contributed by atoms with Crippen molar-refractivity contribution in [3.05, 3.63) is 0 Å². The van der Waals surface area contributed by atoms with Crippen LogP contribution in [0.5, 0.6) is 0 Å². The predicted molar refractivity (Wildman–Crippen MR) is 44.9 cm³/mol. The van der Waals surface area contributed by atoms with Crippen LogP contribution in [0.25, 0.3) is 0 Å². The largest absolute Gasteiger partial charge is 0.481 e. The van der Waals surface area contributed by atoms with Crippen LogP contribution in [0.3, 0.4) is 0 Å². The number of hydrogen-bond donors (Lipinski definition) is 3. The summed E-state index contributed by atoms with van der Waals surface area (Å²) in [5, 5.41) is 8.45. The van der Waals surface area contributed by atoms with E-state index < -0.39 is 18.0 Å². The number of carbonyl (C=O) groups excluding carboxylic acids is 1. The van der Waals surface area contributed by atoms with Gasteiger partial charge in [-0.3, -0.25) is 15.0 Å². The van der Waals surface area contributed by atoms with E-state index in [2.05, 4.69) is 15.6 Å². The van der Waals surface area contributed by atoms with Crippen molar-refractivity contribution in [2.24, 2.45) is 0 Å². The molecule has 3 N–H and O–H groups in total. The first-order valence-corrected chi connectivity index (χ1v) is 3.92. The molecule has 0 saturated carbocycles. The van der Waals surface area contributed by atoms with Gasteiger partial charge in [0.25, 0.3) is 0 Å². The highest BCUT2D eigenvalue weighted by Crippen LogP contribution is 1.94. The zero-order valence-electron chi connectivity index (χ0n) is 7.66. The Kier molecular flexibility index (Phi) is 5.82. The Morgan fingerprint density at radius 1 is 1.54 bits per heavy atom. The number of carboxylic acid groups (broad SMARTS) is 1. The first kappa shape index (κ1) is 11.9. The topological polar surface area (TPSA) is 87.7 Å². The van der Waals surface area contributed by atoms with E-state index in [1.165, 1.54) is 0 Å². The molecule has 1 atom stereocenters. The number of nitrogens with one attached hydrogen (secondary N) is 2. The number of carbonyl (C=O) groups is 2. The molecule has 6 nitrogen and oxygen atoms in total. The van der Waals surface area contributed by atoms with Crippen LogP contribution in [-0.4, -0.2) is 36.7 Å². The van der Waals surface area contributed by atoms with Gasteiger partial charge in [-0.15, -0.1) is 0 Å². The third-order valence-corrected chi connectivity index (χ3v) is 1.27. The Morgan fingerprint density at radius 3 is 2.54 bits per heavy atom. The molecule has 0 saturated heterocycles. The van der Waals surface area contributed by atoms with Crippen molar-refractivity contribution < 1.29 is 19.4 Å². The second-order valence-corrected chi connectivity index (χ2v) is 2.30. The van der Waals surface area contributed by atoms with E-state index in [1.807, 2.05) is 0 Å². The lowest BCUT2D eigenvalue weighted by Crippen LogP contribution is -2.45. The molecular formula is C7H14N2O4. The number of esters is 1. The van der Waals surface area contributed by atoms with Crippen LogP contribution >= 0.6 is 0 Å². The van der Waals surface area contributed by atoms with Gasteiger partial charge in [0.1, 0.15) is 6.04 Å². The van der Waals surface area contributed by atoms with E-state index in [0.29, 0.717) is 0 Å². The van der Waals surface area contributed by atoms with Gasteiger partial charge in [0.05, 0.1) is 13.0 Å². The van der Waals surface area contributed by atoms with Gasteiger partial charge >= 0.3 is 11.9 Å². The maximum absolute atomic E-state index is 11.1. The number of hydrogen-bond acceptors (Lipinski definition) is 5. The van der Waals surface area contributed by atoms with E-state index >= 15 is 0 Å². The SMILES string of the molecule is CCOC(=O)[C@H](CC(=O)O)NNC. The van der Waals surface area contributed by atoms with Crippen LogP contribution in [0.1, 0.15) is 13.3 Å². The molecule has 0 aliphatic carbocycles. The van der Waals surface area contributed by atoms with Crippen molar-refractivity contribution in [3.8, 4) is 0 Å². The number of aliphatic carboxylic acids is 1. The molecule has 0 radical (unpaired) electrons. The molecule has 13 heavy (non-hydrogen) atoms. The zero-order chi connectivity index (χ0) is 10.3. The third kappa shape index (κ3) is 5.15. The smallest absolute Gasteiger partial charge is 0.325 e. The highest BCUT2D eigenvalue weighted by molar-refractivity contribution is 5.81. The fourth-order valence-corrected chi connectivity index (χ4v) is 0.785. The van der Waals surface area contributed by atoms with E-state index in [-0.39, 0.29) is 13.0 Å². The molecule has 0 unspecified atom stereocenters. The fourth-order valence-electron chi connectivity index (χ4n) is 0.785. The molecule has 0 fully saturated rings. The molecule has 0 amide bonds. The molecular weight excluding hydrogens is 176 g/mol. The van der Waals surface area contributed by atoms with Crippen LogP contribution in [0, 0.1) is 0 Å². The second-order valence-electron chi connectivity index (χ2n) is 2.30. The molecule has 76 valence electrons. The van der Waals surface area contributed by atoms with E-state index in [9.17, 15) is 9.59 Å². The molecule has 0 heterocycles. The maximum Gasteiger partial charge on any atom is 0.325 e. The van der Waals surface area contributed by atoms with Gasteiger partial charge in [-0.2, -0.15) is 0 Å². The lowest BCUT2D eigenvalue weighted by atomic mass is 10.2. The van der Waals surface area contributed by atoms with Gasteiger partial charge in [-0.1, -0.05) is 0 Å². The molecule has 0 bridgehead atoms. The van der Waals surface area contributed by atoms with E-state index in [1.54, 1.807) is 14.0 Å². The highest BCUT2D eigenvalue weighted by Gasteiger charge is 2.21. The Balaban J connectivity index is 4.06. The number of rotatable bonds is 6. The zero-order valence-corrected chi connectivity index (χ0v) is 7.66. The Hall–Kier alpha value is -1.14. The molecule has 6 heteroatoms. The van der Waals surface area contributed by atoms with Gasteiger partial charge in [0, 0.05) is 0 Å². The molecule has 0 aromatic rings. The monoisotopic (exact) mass is 190 g/mol. The minimum Gasteiger partial charge on any atom is -0.481 e. The Morgan fingerprint density at radius 2 is 2.15 bits per heavy atom. The van der Waals surface area contributed by atoms with E-state index in [0.717, 1.165) is 0 Å². The fraction of sp³-hybridized carbons (Fsp3) is 0.714. The van der Waals surface area contributed by atoms with Gasteiger partial charge in [0.15, 0.2) is 0 Å². The van der Waals surface area contributed by atoms with Crippen molar-refractivity contribution in [2.45, 2.75) is 19.4 Å². The van der Waals surface area contributed by atoms with Crippen LogP contribution in [0.15, 0.2) is 0 Å². The summed E-state index contributed by atoms with van der Waals surface area (Å²) in [6.45, 7) is 1.90. The standard InChI is InChI=1S/C7H14N2O4/c1-3-13-7(12)5(9-8-2)4-6(10)11/h5,8-9H,3-4H2,1-2H3,(H,10,11)/t5-/m0/s1. The van der Waals surface area contributed by atoms with Crippen LogP contribution in [0.4, 0.5) is 0 Å². The minimum atomic E-state index is -1.05. The van der Waals surface area contributed by atoms with Crippen LogP contribution in [0.2, 0.25) is 0 Å². The van der Waals surface area contributed by atoms with Gasteiger partial charge < -0.3 is 9.84 Å². The van der Waals surface area contributed by atoms with Crippen molar-refractivity contribution >= 4 is 11.9 Å². The summed E-state index contributed by atoms with van der Waals surface area (Å²) in [5.41, 5.74) is 4.99. The average molecular weight is 190 g/mol. The van der Waals surface area contributed by atoms with Crippen LogP contribution < -0.4 is 10.9 Å². The molecule has 0 aliphatic rings. The quantitative estimate of drug-likeness (QED) is 0.372. The molecule has 0 aliphatic heterocycles. The summed E-state index contributed by atoms with van der Waals surface area (Å²) in [6, 6.07) is -0.845. The summed E-state index contributed by atoms with van der Waals surface area (Å²) in [7, 11) is 1.55. The number of ether oxygens (including phenoxy) is 1. The Bertz CT molecular complexity index is 183. The Labute approximate surface area is 76.2 Å². The average Bonchev–Trinajstić information content (AvgIpc) is 2.03. The molecule has 0 aromatic carbocycles. The highest BCUT2D eigenvalue weighted by atomic mass is 16.5. The summed E-state index contributed by atoms with van der Waals surface area (Å²) in [6.07, 6.45) is -0.306. The summed E-state index contributed by atoms with van der Waals surface area (Å²) in [4.78, 5) is 21.4. The lowest BCUT2D eigenvalue weighted by Gasteiger charge is -2.13. The van der Waals surface area contributed by atoms with Crippen molar-refractivity contribution in [2.75, 3.05) is 13.7 Å².